The zero-order valence-electron chi connectivity index (χ0n) is 11.2. The van der Waals surface area contributed by atoms with Gasteiger partial charge in [0.15, 0.2) is 0 Å². The van der Waals surface area contributed by atoms with Crippen LogP contribution in [0.25, 0.3) is 0 Å². The quantitative estimate of drug-likeness (QED) is 0.796. The molecule has 3 nitrogen and oxygen atoms in total. The predicted molar refractivity (Wildman–Crippen MR) is 80.9 cm³/mol. The van der Waals surface area contributed by atoms with Gasteiger partial charge < -0.3 is 9.79 Å². The first-order valence-electron chi connectivity index (χ1n) is 6.71. The Balaban J connectivity index is 2.15. The number of rotatable bonds is 6. The summed E-state index contributed by atoms with van der Waals surface area (Å²) >= 11 is 0. The van der Waals surface area contributed by atoms with Crippen molar-refractivity contribution < 1.29 is 14.4 Å². The van der Waals surface area contributed by atoms with Gasteiger partial charge >= 0.3 is 7.60 Å². The molecule has 0 saturated carbocycles. The van der Waals surface area contributed by atoms with Crippen LogP contribution in [-0.2, 0) is 4.57 Å². The topological polar surface area (TPSA) is 57.5 Å². The Hall–Kier alpha value is -1.41. The van der Waals surface area contributed by atoms with Gasteiger partial charge in [0, 0.05) is 12.1 Å². The van der Waals surface area contributed by atoms with E-state index in [-0.39, 0.29) is 12.1 Å². The maximum atomic E-state index is 11.0. The Kier molecular flexibility index (Phi) is 5.13. The summed E-state index contributed by atoms with van der Waals surface area (Å²) in [7, 11) is -3.91. The third-order valence-electron chi connectivity index (χ3n) is 3.35. The zero-order valence-corrected chi connectivity index (χ0v) is 12.1. The fourth-order valence-electron chi connectivity index (χ4n) is 2.40. The van der Waals surface area contributed by atoms with Crippen LogP contribution in [0.5, 0.6) is 0 Å². The van der Waals surface area contributed by atoms with Gasteiger partial charge in [-0.2, -0.15) is 0 Å². The molecule has 0 saturated heterocycles. The van der Waals surface area contributed by atoms with Gasteiger partial charge in [0.25, 0.3) is 0 Å². The number of hydrogen-bond donors (Lipinski definition) is 2. The van der Waals surface area contributed by atoms with Gasteiger partial charge in [-0.15, -0.1) is 0 Å². The molecule has 0 bridgehead atoms. The van der Waals surface area contributed by atoms with Crippen LogP contribution in [0.15, 0.2) is 60.7 Å². The highest BCUT2D eigenvalue weighted by Crippen LogP contribution is 2.37. The average molecular weight is 290 g/mol. The summed E-state index contributed by atoms with van der Waals surface area (Å²) < 4.78 is 11.0. The van der Waals surface area contributed by atoms with Crippen molar-refractivity contribution in [2.75, 3.05) is 6.16 Å². The van der Waals surface area contributed by atoms with E-state index in [0.717, 1.165) is 6.42 Å². The van der Waals surface area contributed by atoms with Crippen molar-refractivity contribution in [1.29, 1.82) is 0 Å². The molecule has 0 atom stereocenters. The van der Waals surface area contributed by atoms with Gasteiger partial charge in [-0.05, 0) is 24.0 Å². The highest BCUT2D eigenvalue weighted by molar-refractivity contribution is 7.51. The van der Waals surface area contributed by atoms with Gasteiger partial charge in [0.2, 0.25) is 0 Å². The molecule has 2 aromatic rings. The molecule has 2 rings (SSSR count). The predicted octanol–water partition coefficient (Wildman–Crippen LogP) is 3.78. The van der Waals surface area contributed by atoms with E-state index in [1.807, 2.05) is 36.4 Å². The van der Waals surface area contributed by atoms with E-state index in [1.54, 1.807) is 0 Å². The van der Waals surface area contributed by atoms with E-state index in [9.17, 15) is 4.57 Å². The molecule has 0 radical (unpaired) electrons. The molecule has 0 fully saturated rings. The lowest BCUT2D eigenvalue weighted by Gasteiger charge is -2.18. The summed E-state index contributed by atoms with van der Waals surface area (Å²) in [5, 5.41) is 0. The molecular formula is C16H19O3P. The minimum atomic E-state index is -3.91. The lowest BCUT2D eigenvalue weighted by atomic mass is 9.88. The van der Waals surface area contributed by atoms with Crippen molar-refractivity contribution >= 4 is 7.60 Å². The lowest BCUT2D eigenvalue weighted by Crippen LogP contribution is -2.02. The summed E-state index contributed by atoms with van der Waals surface area (Å²) in [6.07, 6.45) is 1.20. The molecule has 0 aromatic heterocycles. The van der Waals surface area contributed by atoms with Crippen LogP contribution >= 0.6 is 7.60 Å². The Bertz CT molecular complexity index is 523. The third kappa shape index (κ3) is 4.61. The molecule has 0 heterocycles. The van der Waals surface area contributed by atoms with E-state index in [2.05, 4.69) is 24.3 Å². The smallest absolute Gasteiger partial charge is 0.324 e. The van der Waals surface area contributed by atoms with Crippen LogP contribution in [0, 0.1) is 0 Å². The first-order chi connectivity index (χ1) is 9.56. The van der Waals surface area contributed by atoms with E-state index in [0.29, 0.717) is 6.42 Å². The first kappa shape index (κ1) is 15.0. The Labute approximate surface area is 119 Å². The monoisotopic (exact) mass is 290 g/mol. The van der Waals surface area contributed by atoms with Crippen molar-refractivity contribution in [3.63, 3.8) is 0 Å². The van der Waals surface area contributed by atoms with Gasteiger partial charge in [-0.25, -0.2) is 0 Å². The van der Waals surface area contributed by atoms with Crippen molar-refractivity contribution in [3.05, 3.63) is 71.8 Å². The molecule has 20 heavy (non-hydrogen) atoms. The van der Waals surface area contributed by atoms with Gasteiger partial charge in [-0.1, -0.05) is 60.7 Å². The van der Waals surface area contributed by atoms with Gasteiger partial charge in [-0.3, -0.25) is 4.57 Å². The summed E-state index contributed by atoms with van der Waals surface area (Å²) in [6.45, 7) is 0. The largest absolute Gasteiger partial charge is 0.325 e. The van der Waals surface area contributed by atoms with Gasteiger partial charge in [0.05, 0.1) is 0 Å². The normalized spacial score (nSPS) is 11.8. The minimum Gasteiger partial charge on any atom is -0.324 e. The standard InChI is InChI=1S/C16H19O3P/c17-20(18,19)13-7-12-16(14-8-3-1-4-9-14)15-10-5-2-6-11-15/h1-6,8-11,16H,7,12-13H2,(H2,17,18,19). The second-order valence-electron chi connectivity index (χ2n) is 4.90. The highest BCUT2D eigenvalue weighted by Gasteiger charge is 2.17. The fourth-order valence-corrected chi connectivity index (χ4v) is 2.99. The SMILES string of the molecule is O=P(O)(O)CCCC(c1ccccc1)c1ccccc1. The zero-order chi connectivity index (χ0) is 14.4. The molecule has 0 aliphatic rings. The molecule has 0 aliphatic carbocycles. The van der Waals surface area contributed by atoms with E-state index in [1.165, 1.54) is 11.1 Å². The van der Waals surface area contributed by atoms with E-state index in [4.69, 9.17) is 9.79 Å². The van der Waals surface area contributed by atoms with Crippen LogP contribution in [0.3, 0.4) is 0 Å². The molecule has 2 N–H and O–H groups in total. The molecule has 4 heteroatoms. The highest BCUT2D eigenvalue weighted by atomic mass is 31.2. The molecule has 0 spiro atoms. The molecule has 2 aromatic carbocycles. The maximum Gasteiger partial charge on any atom is 0.325 e. The van der Waals surface area contributed by atoms with Crippen LogP contribution in [0.1, 0.15) is 29.9 Å². The first-order valence-corrected chi connectivity index (χ1v) is 8.50. The van der Waals surface area contributed by atoms with Crippen molar-refractivity contribution in [1.82, 2.24) is 0 Å². The summed E-state index contributed by atoms with van der Waals surface area (Å²) in [5.41, 5.74) is 2.37. The third-order valence-corrected chi connectivity index (χ3v) is 4.24. The van der Waals surface area contributed by atoms with Crippen molar-refractivity contribution in [2.45, 2.75) is 18.8 Å². The summed E-state index contributed by atoms with van der Waals surface area (Å²) in [5.74, 6) is 0.184. The molecule has 0 unspecified atom stereocenters. The maximum absolute atomic E-state index is 11.0. The number of hydrogen-bond acceptors (Lipinski definition) is 1. The van der Waals surface area contributed by atoms with Gasteiger partial charge in [0.1, 0.15) is 0 Å². The lowest BCUT2D eigenvalue weighted by molar-refractivity contribution is 0.370. The molecule has 0 aliphatic heterocycles. The van der Waals surface area contributed by atoms with E-state index >= 15 is 0 Å². The summed E-state index contributed by atoms with van der Waals surface area (Å²) in [4.78, 5) is 18.0. The summed E-state index contributed by atoms with van der Waals surface area (Å²) in [6, 6.07) is 20.2. The average Bonchev–Trinajstić information content (AvgIpc) is 2.44. The Morgan fingerprint density at radius 3 is 1.70 bits per heavy atom. The van der Waals surface area contributed by atoms with Crippen LogP contribution in [0.2, 0.25) is 0 Å². The van der Waals surface area contributed by atoms with Crippen LogP contribution in [0.4, 0.5) is 0 Å². The fraction of sp³-hybridized carbons (Fsp3) is 0.250. The second kappa shape index (κ2) is 6.85. The number of benzene rings is 2. The minimum absolute atomic E-state index is 0.0524. The van der Waals surface area contributed by atoms with Crippen LogP contribution in [-0.4, -0.2) is 15.9 Å². The Morgan fingerprint density at radius 1 is 0.850 bits per heavy atom. The molecular weight excluding hydrogens is 271 g/mol. The van der Waals surface area contributed by atoms with Crippen LogP contribution < -0.4 is 0 Å². The molecule has 106 valence electrons. The second-order valence-corrected chi connectivity index (χ2v) is 6.68. The van der Waals surface area contributed by atoms with E-state index < -0.39 is 7.60 Å². The molecule has 0 amide bonds. The Morgan fingerprint density at radius 2 is 1.30 bits per heavy atom. The van der Waals surface area contributed by atoms with Crippen molar-refractivity contribution in [2.24, 2.45) is 0 Å². The van der Waals surface area contributed by atoms with Crippen molar-refractivity contribution in [3.8, 4) is 0 Å².